The topological polar surface area (TPSA) is 94.6 Å². The second kappa shape index (κ2) is 5.82. The molecule has 1 rings (SSSR count). The Labute approximate surface area is 86.3 Å². The number of hydroxylamine groups is 1. The Morgan fingerprint density at radius 3 is 2.93 bits per heavy atom. The van der Waals surface area contributed by atoms with Gasteiger partial charge in [-0.05, 0) is 12.1 Å². The summed E-state index contributed by atoms with van der Waals surface area (Å²) in [6.07, 6.45) is 2.25. The fourth-order valence-corrected chi connectivity index (χ4v) is 0.930. The number of carbonyl (C=O) groups excluding carboxylic acids is 2. The molecular weight excluding hydrogens is 200 g/mol. The molecule has 6 heteroatoms. The van der Waals surface area contributed by atoms with Crippen molar-refractivity contribution >= 4 is 11.8 Å². The average molecular weight is 212 g/mol. The number of rotatable bonds is 6. The fraction of sp³-hybridized carbons (Fsp3) is 0.333. The molecule has 3 N–H and O–H groups in total. The van der Waals surface area contributed by atoms with Crippen LogP contribution in [0.5, 0.6) is 0 Å². The van der Waals surface area contributed by atoms with Crippen molar-refractivity contribution < 1.29 is 18.8 Å². The maximum atomic E-state index is 11.1. The first-order valence-corrected chi connectivity index (χ1v) is 4.40. The number of aryl methyl sites for hydroxylation is 1. The van der Waals surface area contributed by atoms with Crippen molar-refractivity contribution in [1.29, 1.82) is 0 Å². The van der Waals surface area contributed by atoms with Gasteiger partial charge >= 0.3 is 0 Å². The largest absolute Gasteiger partial charge is 0.469 e. The molecule has 0 aliphatic heterocycles. The van der Waals surface area contributed by atoms with Crippen molar-refractivity contribution in [1.82, 2.24) is 5.48 Å². The molecule has 0 spiro atoms. The third-order valence-corrected chi connectivity index (χ3v) is 1.58. The first kappa shape index (κ1) is 11.3. The summed E-state index contributed by atoms with van der Waals surface area (Å²) in [5.41, 5.74) is 6.89. The predicted octanol–water partition coefficient (Wildman–Crippen LogP) is -0.255. The van der Waals surface area contributed by atoms with Gasteiger partial charge in [-0.1, -0.05) is 0 Å². The minimum atomic E-state index is -0.638. The van der Waals surface area contributed by atoms with Gasteiger partial charge in [0.1, 0.15) is 5.76 Å². The second-order valence-corrected chi connectivity index (χ2v) is 2.86. The van der Waals surface area contributed by atoms with E-state index in [1.54, 1.807) is 12.1 Å². The molecule has 82 valence electrons. The van der Waals surface area contributed by atoms with Gasteiger partial charge in [-0.2, -0.15) is 0 Å². The number of nitrogens with two attached hydrogens (primary N) is 1. The zero-order valence-electron chi connectivity index (χ0n) is 8.06. The molecule has 0 saturated carbocycles. The van der Waals surface area contributed by atoms with Crippen LogP contribution in [-0.4, -0.2) is 18.4 Å². The lowest BCUT2D eigenvalue weighted by Gasteiger charge is -2.02. The van der Waals surface area contributed by atoms with Crippen molar-refractivity contribution in [2.24, 2.45) is 5.73 Å². The van der Waals surface area contributed by atoms with Crippen LogP contribution in [-0.2, 0) is 20.8 Å². The van der Waals surface area contributed by atoms with Gasteiger partial charge in [0, 0.05) is 12.8 Å². The lowest BCUT2D eigenvalue weighted by molar-refractivity contribution is -0.137. The summed E-state index contributed by atoms with van der Waals surface area (Å²) in [5.74, 6) is -0.242. The number of hydrogen-bond donors (Lipinski definition) is 2. The minimum absolute atomic E-state index is 0.228. The standard InChI is InChI=1S/C9H12N2O4/c10-8(12)6-15-11-9(13)4-3-7-2-1-5-14-7/h1-2,5H,3-4,6H2,(H2,10,12)(H,11,13). The lowest BCUT2D eigenvalue weighted by Crippen LogP contribution is -2.29. The van der Waals surface area contributed by atoms with Crippen LogP contribution in [0.3, 0.4) is 0 Å². The zero-order chi connectivity index (χ0) is 11.1. The van der Waals surface area contributed by atoms with Gasteiger partial charge in [0.15, 0.2) is 6.61 Å². The molecule has 0 radical (unpaired) electrons. The van der Waals surface area contributed by atoms with Gasteiger partial charge < -0.3 is 10.2 Å². The van der Waals surface area contributed by atoms with E-state index in [1.165, 1.54) is 6.26 Å². The number of carbonyl (C=O) groups is 2. The van der Waals surface area contributed by atoms with Crippen LogP contribution >= 0.6 is 0 Å². The van der Waals surface area contributed by atoms with Gasteiger partial charge in [0.2, 0.25) is 11.8 Å². The maximum Gasteiger partial charge on any atom is 0.246 e. The zero-order valence-corrected chi connectivity index (χ0v) is 8.06. The van der Waals surface area contributed by atoms with Crippen molar-refractivity contribution in [2.45, 2.75) is 12.8 Å². The van der Waals surface area contributed by atoms with E-state index in [1.807, 2.05) is 0 Å². The molecule has 0 unspecified atom stereocenters. The van der Waals surface area contributed by atoms with E-state index in [4.69, 9.17) is 10.2 Å². The highest BCUT2D eigenvalue weighted by atomic mass is 16.7. The van der Waals surface area contributed by atoms with Crippen molar-refractivity contribution in [3.8, 4) is 0 Å². The van der Waals surface area contributed by atoms with Crippen LogP contribution in [0.1, 0.15) is 12.2 Å². The Bertz CT molecular complexity index is 321. The molecule has 1 aromatic heterocycles. The molecule has 0 aromatic carbocycles. The molecule has 0 aliphatic rings. The summed E-state index contributed by atoms with van der Waals surface area (Å²) in [7, 11) is 0. The summed E-state index contributed by atoms with van der Waals surface area (Å²) in [6, 6.07) is 3.52. The Morgan fingerprint density at radius 2 is 2.33 bits per heavy atom. The van der Waals surface area contributed by atoms with Crippen LogP contribution in [0, 0.1) is 0 Å². The van der Waals surface area contributed by atoms with Crippen LogP contribution in [0.15, 0.2) is 22.8 Å². The number of nitrogens with one attached hydrogen (secondary N) is 1. The van der Waals surface area contributed by atoms with E-state index in [2.05, 4.69) is 10.3 Å². The van der Waals surface area contributed by atoms with Gasteiger partial charge in [0.05, 0.1) is 6.26 Å². The summed E-state index contributed by atoms with van der Waals surface area (Å²) in [6.45, 7) is -0.327. The second-order valence-electron chi connectivity index (χ2n) is 2.86. The normalized spacial score (nSPS) is 9.87. The molecular formula is C9H12N2O4. The molecule has 0 bridgehead atoms. The molecule has 6 nitrogen and oxygen atoms in total. The summed E-state index contributed by atoms with van der Waals surface area (Å²) < 4.78 is 5.03. The Hall–Kier alpha value is -1.82. The van der Waals surface area contributed by atoms with Gasteiger partial charge in [0.25, 0.3) is 0 Å². The molecule has 1 heterocycles. The monoisotopic (exact) mass is 212 g/mol. The Morgan fingerprint density at radius 1 is 1.53 bits per heavy atom. The Kier molecular flexibility index (Phi) is 4.36. The predicted molar refractivity (Wildman–Crippen MR) is 50.3 cm³/mol. The van der Waals surface area contributed by atoms with Crippen LogP contribution in [0.2, 0.25) is 0 Å². The summed E-state index contributed by atoms with van der Waals surface area (Å²) in [5, 5.41) is 0. The molecule has 2 amide bonds. The average Bonchev–Trinajstić information content (AvgIpc) is 2.66. The van der Waals surface area contributed by atoms with Crippen molar-refractivity contribution in [3.05, 3.63) is 24.2 Å². The quantitative estimate of drug-likeness (QED) is 0.635. The maximum absolute atomic E-state index is 11.1. The SMILES string of the molecule is NC(=O)CONC(=O)CCc1ccco1. The highest BCUT2D eigenvalue weighted by Gasteiger charge is 2.04. The van der Waals surface area contributed by atoms with E-state index < -0.39 is 5.91 Å². The first-order chi connectivity index (χ1) is 7.18. The number of amides is 2. The minimum Gasteiger partial charge on any atom is -0.469 e. The summed E-state index contributed by atoms with van der Waals surface area (Å²) >= 11 is 0. The molecule has 0 fully saturated rings. The molecule has 0 saturated heterocycles. The van der Waals surface area contributed by atoms with E-state index in [9.17, 15) is 9.59 Å². The summed E-state index contributed by atoms with van der Waals surface area (Å²) in [4.78, 5) is 25.9. The first-order valence-electron chi connectivity index (χ1n) is 4.40. The van der Waals surface area contributed by atoms with Crippen molar-refractivity contribution in [3.63, 3.8) is 0 Å². The van der Waals surface area contributed by atoms with Crippen LogP contribution in [0.25, 0.3) is 0 Å². The number of primary amides is 1. The van der Waals surface area contributed by atoms with E-state index >= 15 is 0 Å². The third-order valence-electron chi connectivity index (χ3n) is 1.58. The lowest BCUT2D eigenvalue weighted by atomic mass is 10.2. The van der Waals surface area contributed by atoms with Gasteiger partial charge in [-0.15, -0.1) is 0 Å². The van der Waals surface area contributed by atoms with Gasteiger partial charge in [-0.3, -0.25) is 14.4 Å². The van der Waals surface area contributed by atoms with E-state index in [0.717, 1.165) is 5.76 Å². The third kappa shape index (κ3) is 4.82. The highest BCUT2D eigenvalue weighted by Crippen LogP contribution is 2.02. The van der Waals surface area contributed by atoms with E-state index in [0.29, 0.717) is 6.42 Å². The molecule has 0 aliphatic carbocycles. The molecule has 15 heavy (non-hydrogen) atoms. The van der Waals surface area contributed by atoms with Crippen LogP contribution in [0.4, 0.5) is 0 Å². The highest BCUT2D eigenvalue weighted by molar-refractivity contribution is 5.77. The number of furan rings is 1. The van der Waals surface area contributed by atoms with Gasteiger partial charge in [-0.25, -0.2) is 5.48 Å². The molecule has 0 atom stereocenters. The van der Waals surface area contributed by atoms with E-state index in [-0.39, 0.29) is 18.9 Å². The van der Waals surface area contributed by atoms with Crippen LogP contribution < -0.4 is 11.2 Å². The Balaban J connectivity index is 2.11. The van der Waals surface area contributed by atoms with Crippen molar-refractivity contribution in [2.75, 3.05) is 6.61 Å². The molecule has 1 aromatic rings. The smallest absolute Gasteiger partial charge is 0.246 e. The fourth-order valence-electron chi connectivity index (χ4n) is 0.930. The number of hydrogen-bond acceptors (Lipinski definition) is 4.